The highest BCUT2D eigenvalue weighted by molar-refractivity contribution is 8.82. The quantitative estimate of drug-likeness (QED) is 0.0682. The third-order valence-electron chi connectivity index (χ3n) is 4.72. The zero-order valence-corrected chi connectivity index (χ0v) is 28.0. The van der Waals surface area contributed by atoms with Gasteiger partial charge >= 0.3 is 11.9 Å². The molecular formula is C23H32N4O10S6. The zero-order valence-electron chi connectivity index (χ0n) is 23.0. The SMILES string of the molecule is CCOC(=O)C(CSSC(=O)[C@@H](N)CS)NC(=O)c1cc(=O)cc(C(=O)NC(CSSC(=O)[C@@H](N)CS)C(=O)OCC)o1. The summed E-state index contributed by atoms with van der Waals surface area (Å²) in [7, 11) is 3.43. The molecule has 1 aromatic heterocycles. The smallest absolute Gasteiger partial charge is 0.329 e. The number of hydrogen-bond acceptors (Lipinski definition) is 18. The van der Waals surface area contributed by atoms with Crippen molar-refractivity contribution in [3.63, 3.8) is 0 Å². The van der Waals surface area contributed by atoms with Crippen LogP contribution in [0, 0.1) is 0 Å². The number of amides is 2. The second kappa shape index (κ2) is 21.0. The maximum Gasteiger partial charge on any atom is 0.329 e. The molecule has 240 valence electrons. The molecular weight excluding hydrogens is 685 g/mol. The topological polar surface area (TPSA) is 227 Å². The van der Waals surface area contributed by atoms with Crippen molar-refractivity contribution >= 4 is 102 Å². The number of nitrogens with two attached hydrogens (primary N) is 2. The molecule has 20 heteroatoms. The predicted molar refractivity (Wildman–Crippen MR) is 175 cm³/mol. The van der Waals surface area contributed by atoms with Gasteiger partial charge in [-0.25, -0.2) is 9.59 Å². The van der Waals surface area contributed by atoms with Gasteiger partial charge in [0.2, 0.25) is 10.2 Å². The summed E-state index contributed by atoms with van der Waals surface area (Å²) in [5.74, 6) is -4.87. The summed E-state index contributed by atoms with van der Waals surface area (Å²) in [5.41, 5.74) is 10.5. The molecule has 0 aromatic carbocycles. The summed E-state index contributed by atoms with van der Waals surface area (Å²) >= 11 is 7.91. The van der Waals surface area contributed by atoms with Crippen LogP contribution in [0.1, 0.15) is 35.0 Å². The average Bonchev–Trinajstić information content (AvgIpc) is 2.98. The van der Waals surface area contributed by atoms with Crippen LogP contribution in [0.3, 0.4) is 0 Å². The van der Waals surface area contributed by atoms with Gasteiger partial charge in [-0.1, -0.05) is 21.6 Å². The molecule has 0 aliphatic heterocycles. The Labute approximate surface area is 274 Å². The summed E-state index contributed by atoms with van der Waals surface area (Å²) in [6.07, 6.45) is 0. The lowest BCUT2D eigenvalue weighted by atomic mass is 10.2. The number of esters is 2. The van der Waals surface area contributed by atoms with E-state index in [-0.39, 0.29) is 46.5 Å². The first-order valence-electron chi connectivity index (χ1n) is 12.4. The number of hydrogen-bond donors (Lipinski definition) is 6. The Hall–Kier alpha value is -1.81. The van der Waals surface area contributed by atoms with Crippen molar-refractivity contribution < 1.29 is 42.7 Å². The molecule has 2 amide bonds. The van der Waals surface area contributed by atoms with E-state index >= 15 is 0 Å². The summed E-state index contributed by atoms with van der Waals surface area (Å²) in [6.45, 7) is 3.13. The summed E-state index contributed by atoms with van der Waals surface area (Å²) in [6, 6.07) is -2.55. The minimum Gasteiger partial charge on any atom is -0.464 e. The highest BCUT2D eigenvalue weighted by atomic mass is 33.1. The Kier molecular flexibility index (Phi) is 19.2. The van der Waals surface area contributed by atoms with Crippen LogP contribution in [0.2, 0.25) is 0 Å². The van der Waals surface area contributed by atoms with Gasteiger partial charge in [-0.05, 0) is 35.4 Å². The Balaban J connectivity index is 3.05. The molecule has 0 saturated carbocycles. The molecule has 1 heterocycles. The van der Waals surface area contributed by atoms with Gasteiger partial charge in [0.05, 0.1) is 25.3 Å². The van der Waals surface area contributed by atoms with E-state index in [0.717, 1.165) is 55.3 Å². The fraction of sp³-hybridized carbons (Fsp3) is 0.522. The molecule has 6 N–H and O–H groups in total. The van der Waals surface area contributed by atoms with Gasteiger partial charge in [0.25, 0.3) is 11.8 Å². The maximum atomic E-state index is 12.9. The summed E-state index contributed by atoms with van der Waals surface area (Å²) in [5, 5.41) is 3.95. The van der Waals surface area contributed by atoms with Crippen LogP contribution in [-0.4, -0.2) is 94.4 Å². The largest absolute Gasteiger partial charge is 0.464 e. The van der Waals surface area contributed by atoms with Crippen LogP contribution in [0.5, 0.6) is 0 Å². The summed E-state index contributed by atoms with van der Waals surface area (Å²) < 4.78 is 15.3. The molecule has 0 aliphatic carbocycles. The number of thiol groups is 2. The number of carbonyl (C=O) groups is 6. The van der Waals surface area contributed by atoms with Crippen LogP contribution in [0.4, 0.5) is 0 Å². The van der Waals surface area contributed by atoms with Crippen molar-refractivity contribution in [2.45, 2.75) is 38.0 Å². The zero-order chi connectivity index (χ0) is 32.5. The van der Waals surface area contributed by atoms with Crippen molar-refractivity contribution in [3.8, 4) is 0 Å². The first kappa shape index (κ1) is 39.2. The average molecular weight is 717 g/mol. The minimum absolute atomic E-state index is 0.00574. The van der Waals surface area contributed by atoms with Crippen molar-refractivity contribution in [1.82, 2.24) is 10.6 Å². The fourth-order valence-corrected chi connectivity index (χ4v) is 7.31. The molecule has 43 heavy (non-hydrogen) atoms. The molecule has 0 fully saturated rings. The van der Waals surface area contributed by atoms with Gasteiger partial charge in [-0.15, -0.1) is 0 Å². The molecule has 2 unspecified atom stereocenters. The summed E-state index contributed by atoms with van der Waals surface area (Å²) in [4.78, 5) is 86.9. The van der Waals surface area contributed by atoms with Gasteiger partial charge in [0.15, 0.2) is 16.9 Å². The fourth-order valence-electron chi connectivity index (χ4n) is 2.58. The van der Waals surface area contributed by atoms with Crippen LogP contribution in [0.15, 0.2) is 21.3 Å². The predicted octanol–water partition coefficient (Wildman–Crippen LogP) is 0.293. The second-order valence-corrected chi connectivity index (χ2v) is 13.5. The first-order chi connectivity index (χ1) is 20.4. The van der Waals surface area contributed by atoms with E-state index in [4.69, 9.17) is 25.4 Å². The molecule has 1 rings (SSSR count). The van der Waals surface area contributed by atoms with Crippen LogP contribution < -0.4 is 27.5 Å². The number of carbonyl (C=O) groups excluding carboxylic acids is 6. The lowest BCUT2D eigenvalue weighted by molar-refractivity contribution is -0.145. The maximum absolute atomic E-state index is 12.9. The van der Waals surface area contributed by atoms with Crippen molar-refractivity contribution in [1.29, 1.82) is 0 Å². The Morgan fingerprint density at radius 2 is 1.16 bits per heavy atom. The van der Waals surface area contributed by atoms with E-state index in [1.54, 1.807) is 13.8 Å². The van der Waals surface area contributed by atoms with Crippen LogP contribution in [0.25, 0.3) is 0 Å². The molecule has 0 saturated heterocycles. The molecule has 0 aliphatic rings. The van der Waals surface area contributed by atoms with Gasteiger partial charge in [0.1, 0.15) is 12.1 Å². The Morgan fingerprint density at radius 3 is 1.49 bits per heavy atom. The van der Waals surface area contributed by atoms with Crippen molar-refractivity contribution in [3.05, 3.63) is 33.9 Å². The van der Waals surface area contributed by atoms with E-state index < -0.39 is 64.9 Å². The van der Waals surface area contributed by atoms with E-state index in [1.165, 1.54) is 0 Å². The normalized spacial score (nSPS) is 13.6. The third kappa shape index (κ3) is 14.2. The van der Waals surface area contributed by atoms with Crippen LogP contribution >= 0.6 is 68.4 Å². The van der Waals surface area contributed by atoms with Gasteiger partial charge in [0, 0.05) is 35.1 Å². The number of ether oxygens (including phenoxy) is 2. The van der Waals surface area contributed by atoms with E-state index in [9.17, 15) is 33.6 Å². The minimum atomic E-state index is -1.26. The van der Waals surface area contributed by atoms with Gasteiger partial charge in [-0.3, -0.25) is 24.0 Å². The van der Waals surface area contributed by atoms with Crippen molar-refractivity contribution in [2.24, 2.45) is 11.5 Å². The molecule has 0 bridgehead atoms. The van der Waals surface area contributed by atoms with Gasteiger partial charge < -0.3 is 36.0 Å². The molecule has 14 nitrogen and oxygen atoms in total. The van der Waals surface area contributed by atoms with E-state index in [2.05, 4.69) is 35.9 Å². The molecule has 4 atom stereocenters. The first-order valence-corrected chi connectivity index (χ1v) is 18.3. The Morgan fingerprint density at radius 1 is 0.791 bits per heavy atom. The second-order valence-electron chi connectivity index (χ2n) is 8.03. The van der Waals surface area contributed by atoms with E-state index in [0.29, 0.717) is 0 Å². The van der Waals surface area contributed by atoms with E-state index in [1.807, 2.05) is 0 Å². The monoisotopic (exact) mass is 716 g/mol. The lowest BCUT2D eigenvalue weighted by Crippen LogP contribution is -2.44. The number of nitrogens with one attached hydrogen (secondary N) is 2. The third-order valence-corrected chi connectivity index (χ3v) is 10.1. The number of rotatable bonds is 18. The highest BCUT2D eigenvalue weighted by Crippen LogP contribution is 2.25. The van der Waals surface area contributed by atoms with Gasteiger partial charge in [-0.2, -0.15) is 25.3 Å². The highest BCUT2D eigenvalue weighted by Gasteiger charge is 2.28. The standard InChI is InChI=1S/C23H32N4O10S6/c1-3-35-20(31)14(9-40-42-22(33)12(24)7-38)26-18(29)16-5-11(28)6-17(37-16)19(30)27-15(21(32)36-4-2)10-41-43-23(34)13(25)8-39/h5-6,12-15,38-39H,3-4,7-10,24-25H2,1-2H3,(H,26,29)(H,27,30)/t12-,13-,14?,15?/m0/s1. The lowest BCUT2D eigenvalue weighted by Gasteiger charge is -2.17. The molecule has 0 radical (unpaired) electrons. The van der Waals surface area contributed by atoms with Crippen molar-refractivity contribution in [2.75, 3.05) is 36.2 Å². The molecule has 1 aromatic rings. The Bertz CT molecular complexity index is 1120. The van der Waals surface area contributed by atoms with Crippen LogP contribution in [-0.2, 0) is 28.7 Å². The molecule has 0 spiro atoms.